The number of carbonyl (C=O) groups excluding carboxylic acids is 1. The first kappa shape index (κ1) is 15.9. The molecule has 7 heteroatoms. The summed E-state index contributed by atoms with van der Waals surface area (Å²) in [7, 11) is 0. The third-order valence-corrected chi connectivity index (χ3v) is 3.89. The van der Waals surface area contributed by atoms with Gasteiger partial charge in [-0.3, -0.25) is 14.9 Å². The minimum atomic E-state index is -1.04. The van der Waals surface area contributed by atoms with E-state index in [0.29, 0.717) is 24.9 Å². The SMILES string of the molecule is CC(C)c1ccc(C(=O)N2CCC[C@@H]2C(=O)O)cc1[N+](=O)[O-]. The molecule has 0 unspecified atom stereocenters. The summed E-state index contributed by atoms with van der Waals surface area (Å²) in [5.74, 6) is -1.55. The van der Waals surface area contributed by atoms with Crippen molar-refractivity contribution in [1.29, 1.82) is 0 Å². The topological polar surface area (TPSA) is 101 Å². The van der Waals surface area contributed by atoms with Crippen LogP contribution in [0.1, 0.15) is 48.5 Å². The highest BCUT2D eigenvalue weighted by Crippen LogP contribution is 2.29. The zero-order valence-corrected chi connectivity index (χ0v) is 12.5. The maximum Gasteiger partial charge on any atom is 0.326 e. The van der Waals surface area contributed by atoms with E-state index in [1.807, 2.05) is 13.8 Å². The van der Waals surface area contributed by atoms with Crippen molar-refractivity contribution in [3.8, 4) is 0 Å². The quantitative estimate of drug-likeness (QED) is 0.680. The van der Waals surface area contributed by atoms with Gasteiger partial charge in [-0.15, -0.1) is 0 Å². The average Bonchev–Trinajstić information content (AvgIpc) is 2.95. The maximum atomic E-state index is 12.5. The number of benzene rings is 1. The highest BCUT2D eigenvalue weighted by atomic mass is 16.6. The van der Waals surface area contributed by atoms with Gasteiger partial charge >= 0.3 is 5.97 Å². The van der Waals surface area contributed by atoms with Crippen LogP contribution in [-0.4, -0.2) is 39.4 Å². The molecule has 0 spiro atoms. The average molecular weight is 306 g/mol. The van der Waals surface area contributed by atoms with Gasteiger partial charge in [-0.1, -0.05) is 19.9 Å². The lowest BCUT2D eigenvalue weighted by Gasteiger charge is -2.21. The monoisotopic (exact) mass is 306 g/mol. The highest BCUT2D eigenvalue weighted by Gasteiger charge is 2.35. The summed E-state index contributed by atoms with van der Waals surface area (Å²) in [5.41, 5.74) is 0.605. The summed E-state index contributed by atoms with van der Waals surface area (Å²) in [4.78, 5) is 35.6. The molecular weight excluding hydrogens is 288 g/mol. The molecule has 22 heavy (non-hydrogen) atoms. The Balaban J connectivity index is 2.36. The molecule has 118 valence electrons. The molecule has 0 bridgehead atoms. The van der Waals surface area contributed by atoms with Crippen LogP contribution in [0, 0.1) is 10.1 Å². The second-order valence-corrected chi connectivity index (χ2v) is 5.68. The molecule has 1 aromatic rings. The molecule has 1 aliphatic rings. The Morgan fingerprint density at radius 2 is 2.09 bits per heavy atom. The van der Waals surface area contributed by atoms with Crippen molar-refractivity contribution < 1.29 is 19.6 Å². The van der Waals surface area contributed by atoms with Gasteiger partial charge < -0.3 is 10.0 Å². The van der Waals surface area contributed by atoms with Gasteiger partial charge in [-0.25, -0.2) is 4.79 Å². The van der Waals surface area contributed by atoms with E-state index in [9.17, 15) is 19.7 Å². The van der Waals surface area contributed by atoms with Crippen LogP contribution in [0.5, 0.6) is 0 Å². The number of nitro benzene ring substituents is 1. The van der Waals surface area contributed by atoms with E-state index in [1.165, 1.54) is 17.0 Å². The smallest absolute Gasteiger partial charge is 0.326 e. The predicted molar refractivity (Wildman–Crippen MR) is 78.9 cm³/mol. The maximum absolute atomic E-state index is 12.5. The molecule has 1 atom stereocenters. The Morgan fingerprint density at radius 1 is 1.41 bits per heavy atom. The molecule has 0 radical (unpaired) electrons. The standard InChI is InChI=1S/C15H18N2O5/c1-9(2)11-6-5-10(8-13(11)17(21)22)14(18)16-7-3-4-12(16)15(19)20/h5-6,8-9,12H,3-4,7H2,1-2H3,(H,19,20)/t12-/m1/s1. The fraction of sp³-hybridized carbons (Fsp3) is 0.467. The molecular formula is C15H18N2O5. The summed E-state index contributed by atoms with van der Waals surface area (Å²) in [6.45, 7) is 4.03. The Morgan fingerprint density at radius 3 is 2.64 bits per heavy atom. The fourth-order valence-electron chi connectivity index (χ4n) is 2.76. The van der Waals surface area contributed by atoms with E-state index in [1.54, 1.807) is 6.07 Å². The second-order valence-electron chi connectivity index (χ2n) is 5.68. The van der Waals surface area contributed by atoms with Gasteiger partial charge in [0.15, 0.2) is 0 Å². The normalized spacial score (nSPS) is 17.8. The van der Waals surface area contributed by atoms with Gasteiger partial charge in [0.05, 0.1) is 4.92 Å². The molecule has 1 N–H and O–H groups in total. The molecule has 2 rings (SSSR count). The lowest BCUT2D eigenvalue weighted by atomic mass is 9.99. The first-order chi connectivity index (χ1) is 10.3. The molecule has 1 heterocycles. The van der Waals surface area contributed by atoms with Crippen molar-refractivity contribution >= 4 is 17.6 Å². The summed E-state index contributed by atoms with van der Waals surface area (Å²) in [6, 6.07) is 3.50. The second kappa shape index (κ2) is 6.13. The number of amides is 1. The summed E-state index contributed by atoms with van der Waals surface area (Å²) >= 11 is 0. The van der Waals surface area contributed by atoms with E-state index < -0.39 is 22.8 Å². The lowest BCUT2D eigenvalue weighted by molar-refractivity contribution is -0.385. The van der Waals surface area contributed by atoms with Crippen LogP contribution in [-0.2, 0) is 4.79 Å². The Hall–Kier alpha value is -2.44. The number of hydrogen-bond acceptors (Lipinski definition) is 4. The number of nitrogens with zero attached hydrogens (tertiary/aromatic N) is 2. The number of nitro groups is 1. The minimum absolute atomic E-state index is 0.0388. The number of rotatable bonds is 4. The van der Waals surface area contributed by atoms with E-state index in [-0.39, 0.29) is 17.2 Å². The van der Waals surface area contributed by atoms with Crippen LogP contribution in [0.25, 0.3) is 0 Å². The fourth-order valence-corrected chi connectivity index (χ4v) is 2.76. The van der Waals surface area contributed by atoms with Crippen LogP contribution in [0.15, 0.2) is 18.2 Å². The number of carboxylic acids is 1. The largest absolute Gasteiger partial charge is 0.480 e. The van der Waals surface area contributed by atoms with E-state index in [0.717, 1.165) is 0 Å². The Labute approximate surface area is 127 Å². The van der Waals surface area contributed by atoms with Gasteiger partial charge in [0.1, 0.15) is 6.04 Å². The third-order valence-electron chi connectivity index (χ3n) is 3.89. The Kier molecular flexibility index (Phi) is 4.44. The van der Waals surface area contributed by atoms with Crippen LogP contribution in [0.3, 0.4) is 0 Å². The zero-order valence-electron chi connectivity index (χ0n) is 12.5. The molecule has 0 aromatic heterocycles. The third kappa shape index (κ3) is 2.93. The summed E-state index contributed by atoms with van der Waals surface area (Å²) < 4.78 is 0. The number of carboxylic acid groups (broad SMARTS) is 1. The highest BCUT2D eigenvalue weighted by molar-refractivity contribution is 5.97. The van der Waals surface area contributed by atoms with Crippen LogP contribution < -0.4 is 0 Å². The molecule has 1 aliphatic heterocycles. The lowest BCUT2D eigenvalue weighted by Crippen LogP contribution is -2.40. The molecule has 0 saturated carbocycles. The number of carbonyl (C=O) groups is 2. The number of likely N-dealkylation sites (tertiary alicyclic amines) is 1. The Bertz CT molecular complexity index is 626. The van der Waals surface area contributed by atoms with E-state index in [2.05, 4.69) is 0 Å². The van der Waals surface area contributed by atoms with Crippen molar-refractivity contribution in [2.75, 3.05) is 6.54 Å². The molecule has 7 nitrogen and oxygen atoms in total. The number of aliphatic carboxylic acids is 1. The van der Waals surface area contributed by atoms with Crippen LogP contribution in [0.2, 0.25) is 0 Å². The van der Waals surface area contributed by atoms with Crippen molar-refractivity contribution in [2.45, 2.75) is 38.6 Å². The van der Waals surface area contributed by atoms with E-state index >= 15 is 0 Å². The first-order valence-corrected chi connectivity index (χ1v) is 7.15. The van der Waals surface area contributed by atoms with Crippen molar-refractivity contribution in [3.63, 3.8) is 0 Å². The van der Waals surface area contributed by atoms with Gasteiger partial charge in [0.2, 0.25) is 0 Å². The van der Waals surface area contributed by atoms with E-state index in [4.69, 9.17) is 5.11 Å². The van der Waals surface area contributed by atoms with Crippen molar-refractivity contribution in [3.05, 3.63) is 39.4 Å². The van der Waals surface area contributed by atoms with Gasteiger partial charge in [-0.05, 0) is 24.8 Å². The predicted octanol–water partition coefficient (Wildman–Crippen LogP) is 2.41. The van der Waals surface area contributed by atoms with Gasteiger partial charge in [-0.2, -0.15) is 0 Å². The molecule has 1 amide bonds. The summed E-state index contributed by atoms with van der Waals surface area (Å²) in [5, 5.41) is 20.3. The number of hydrogen-bond donors (Lipinski definition) is 1. The molecule has 0 aliphatic carbocycles. The molecule has 1 saturated heterocycles. The first-order valence-electron chi connectivity index (χ1n) is 7.15. The zero-order chi connectivity index (χ0) is 16.4. The minimum Gasteiger partial charge on any atom is -0.480 e. The van der Waals surface area contributed by atoms with Gasteiger partial charge in [0.25, 0.3) is 11.6 Å². The molecule has 1 aromatic carbocycles. The summed E-state index contributed by atoms with van der Waals surface area (Å²) in [6.07, 6.45) is 1.03. The van der Waals surface area contributed by atoms with Crippen LogP contribution >= 0.6 is 0 Å². The van der Waals surface area contributed by atoms with Gasteiger partial charge in [0, 0.05) is 23.7 Å². The van der Waals surface area contributed by atoms with Crippen molar-refractivity contribution in [1.82, 2.24) is 4.90 Å². The van der Waals surface area contributed by atoms with Crippen molar-refractivity contribution in [2.24, 2.45) is 0 Å². The van der Waals surface area contributed by atoms with Crippen LogP contribution in [0.4, 0.5) is 5.69 Å². The molecule has 1 fully saturated rings.